The van der Waals surface area contributed by atoms with Crippen LogP contribution >= 0.6 is 50.5 Å². The fourth-order valence-electron chi connectivity index (χ4n) is 1.58. The van der Waals surface area contributed by atoms with Crippen LogP contribution in [0.1, 0.15) is 10.6 Å². The highest BCUT2D eigenvalue weighted by molar-refractivity contribution is 9.10. The lowest BCUT2D eigenvalue weighted by molar-refractivity contribution is 0.318. The van der Waals surface area contributed by atoms with Crippen molar-refractivity contribution in [1.29, 1.82) is 0 Å². The Balaban J connectivity index is 2.02. The number of nitrogens with zero attached hydrogens (tertiary/aromatic N) is 2. The first kappa shape index (κ1) is 14.3. The van der Waals surface area contributed by atoms with Gasteiger partial charge in [0.05, 0.1) is 10.7 Å². The summed E-state index contributed by atoms with van der Waals surface area (Å²) in [5.74, 6) is 0. The quantitative estimate of drug-likeness (QED) is 0.720. The lowest BCUT2D eigenvalue weighted by atomic mass is 10.3. The maximum atomic E-state index is 6.09. The van der Waals surface area contributed by atoms with E-state index in [-0.39, 0.29) is 0 Å². The number of hydrogen-bond donors (Lipinski definition) is 0. The van der Waals surface area contributed by atoms with Crippen LogP contribution in [-0.2, 0) is 13.1 Å². The summed E-state index contributed by atoms with van der Waals surface area (Å²) in [5, 5.41) is 3.20. The third kappa shape index (κ3) is 3.93. The van der Waals surface area contributed by atoms with Gasteiger partial charge in [-0.2, -0.15) is 0 Å². The van der Waals surface area contributed by atoms with E-state index in [1.165, 1.54) is 4.88 Å². The van der Waals surface area contributed by atoms with E-state index in [0.29, 0.717) is 16.7 Å². The van der Waals surface area contributed by atoms with Crippen molar-refractivity contribution < 1.29 is 0 Å². The summed E-state index contributed by atoms with van der Waals surface area (Å²) in [6.07, 6.45) is 0. The Kier molecular flexibility index (Phi) is 5.04. The normalized spacial score (nSPS) is 11.2. The van der Waals surface area contributed by atoms with Crippen molar-refractivity contribution >= 4 is 50.5 Å². The fourth-order valence-corrected chi connectivity index (χ4v) is 3.44. The Labute approximate surface area is 129 Å². The molecule has 0 N–H and O–H groups in total. The van der Waals surface area contributed by atoms with E-state index < -0.39 is 0 Å². The minimum atomic E-state index is 0.474. The van der Waals surface area contributed by atoms with Crippen molar-refractivity contribution in [2.75, 3.05) is 7.05 Å². The van der Waals surface area contributed by atoms with Gasteiger partial charge in [-0.15, -0.1) is 11.3 Å². The maximum absolute atomic E-state index is 6.09. The summed E-state index contributed by atoms with van der Waals surface area (Å²) >= 11 is 17.1. The topological polar surface area (TPSA) is 16.1 Å². The van der Waals surface area contributed by atoms with E-state index in [9.17, 15) is 0 Å². The first-order chi connectivity index (χ1) is 8.54. The molecule has 6 heteroatoms. The number of hydrogen-bond acceptors (Lipinski definition) is 3. The van der Waals surface area contributed by atoms with Crippen molar-refractivity contribution in [2.45, 2.75) is 13.1 Å². The van der Waals surface area contributed by atoms with Crippen LogP contribution in [0.3, 0.4) is 0 Å². The lowest BCUT2D eigenvalue weighted by Crippen LogP contribution is -2.17. The van der Waals surface area contributed by atoms with E-state index in [4.69, 9.17) is 23.2 Å². The summed E-state index contributed by atoms with van der Waals surface area (Å²) in [6.45, 7) is 1.54. The van der Waals surface area contributed by atoms with Crippen LogP contribution < -0.4 is 0 Å². The summed E-state index contributed by atoms with van der Waals surface area (Å²) in [4.78, 5) is 7.70. The molecule has 0 aliphatic carbocycles. The van der Waals surface area contributed by atoms with Gasteiger partial charge in [0.15, 0.2) is 0 Å². The zero-order valence-corrected chi connectivity index (χ0v) is 13.6. The van der Waals surface area contributed by atoms with Gasteiger partial charge in [-0.05, 0) is 41.2 Å². The molecule has 0 saturated carbocycles. The Hall–Kier alpha value is -0.130. The summed E-state index contributed by atoms with van der Waals surface area (Å²) in [5.41, 5.74) is 0.808. The molecule has 0 bridgehead atoms. The molecule has 2 aromatic heterocycles. The molecular formula is C12H11BrCl2N2S. The zero-order valence-electron chi connectivity index (χ0n) is 9.66. The van der Waals surface area contributed by atoms with Crippen LogP contribution in [0.25, 0.3) is 0 Å². The Morgan fingerprint density at radius 1 is 1.33 bits per heavy atom. The molecule has 96 valence electrons. The summed E-state index contributed by atoms with van der Waals surface area (Å²) < 4.78 is 1.12. The predicted octanol–water partition coefficient (Wildman–Crippen LogP) is 4.84. The SMILES string of the molecule is CN(Cc1cc(Br)cs1)Cc1nc(Cl)ccc1Cl. The van der Waals surface area contributed by atoms with Gasteiger partial charge in [-0.3, -0.25) is 4.90 Å². The minimum Gasteiger partial charge on any atom is -0.295 e. The highest BCUT2D eigenvalue weighted by atomic mass is 79.9. The van der Waals surface area contributed by atoms with E-state index >= 15 is 0 Å². The number of pyridine rings is 1. The molecule has 2 rings (SSSR count). The van der Waals surface area contributed by atoms with Crippen LogP contribution in [0.2, 0.25) is 10.2 Å². The van der Waals surface area contributed by atoms with E-state index in [2.05, 4.69) is 37.3 Å². The van der Waals surface area contributed by atoms with E-state index in [0.717, 1.165) is 16.7 Å². The van der Waals surface area contributed by atoms with Gasteiger partial charge < -0.3 is 0 Å². The molecule has 2 aromatic rings. The van der Waals surface area contributed by atoms with Crippen molar-refractivity contribution in [1.82, 2.24) is 9.88 Å². The molecule has 0 radical (unpaired) electrons. The number of halogens is 3. The second-order valence-electron chi connectivity index (χ2n) is 3.97. The predicted molar refractivity (Wildman–Crippen MR) is 81.4 cm³/mol. The third-order valence-electron chi connectivity index (χ3n) is 2.35. The molecule has 0 unspecified atom stereocenters. The van der Waals surface area contributed by atoms with Crippen molar-refractivity contribution in [3.8, 4) is 0 Å². The Morgan fingerprint density at radius 3 is 2.78 bits per heavy atom. The highest BCUT2D eigenvalue weighted by Crippen LogP contribution is 2.22. The van der Waals surface area contributed by atoms with E-state index in [1.54, 1.807) is 23.5 Å². The average Bonchev–Trinajstić information content (AvgIpc) is 2.69. The lowest BCUT2D eigenvalue weighted by Gasteiger charge is -2.15. The van der Waals surface area contributed by atoms with Crippen molar-refractivity contribution in [2.24, 2.45) is 0 Å². The first-order valence-corrected chi connectivity index (χ1v) is 7.70. The van der Waals surface area contributed by atoms with Crippen LogP contribution in [0, 0.1) is 0 Å². The van der Waals surface area contributed by atoms with Gasteiger partial charge in [0.25, 0.3) is 0 Å². The molecule has 0 aliphatic heterocycles. The zero-order chi connectivity index (χ0) is 13.1. The molecule has 0 atom stereocenters. The standard InChI is InChI=1S/C12H11BrCl2N2S/c1-17(5-9-4-8(13)7-18-9)6-11-10(14)2-3-12(15)16-11/h2-4,7H,5-6H2,1H3. The molecule has 0 fully saturated rings. The van der Waals surface area contributed by atoms with Gasteiger partial charge in [0.2, 0.25) is 0 Å². The molecule has 2 nitrogen and oxygen atoms in total. The van der Waals surface area contributed by atoms with Crippen molar-refractivity contribution in [3.63, 3.8) is 0 Å². The second kappa shape index (κ2) is 6.35. The molecule has 18 heavy (non-hydrogen) atoms. The third-order valence-corrected chi connectivity index (χ3v) is 4.59. The summed E-state index contributed by atoms with van der Waals surface area (Å²) in [7, 11) is 2.03. The number of thiophene rings is 1. The smallest absolute Gasteiger partial charge is 0.129 e. The largest absolute Gasteiger partial charge is 0.295 e. The van der Waals surface area contributed by atoms with Crippen LogP contribution in [0.5, 0.6) is 0 Å². The molecule has 0 spiro atoms. The van der Waals surface area contributed by atoms with E-state index in [1.807, 2.05) is 7.05 Å². The maximum Gasteiger partial charge on any atom is 0.129 e. The monoisotopic (exact) mass is 364 g/mol. The highest BCUT2D eigenvalue weighted by Gasteiger charge is 2.08. The summed E-state index contributed by atoms with van der Waals surface area (Å²) in [6, 6.07) is 5.60. The fraction of sp³-hybridized carbons (Fsp3) is 0.250. The van der Waals surface area contributed by atoms with Gasteiger partial charge in [0, 0.05) is 27.8 Å². The minimum absolute atomic E-state index is 0.474. The van der Waals surface area contributed by atoms with Gasteiger partial charge >= 0.3 is 0 Å². The van der Waals surface area contributed by atoms with Crippen molar-refractivity contribution in [3.05, 3.63) is 48.8 Å². The van der Waals surface area contributed by atoms with Gasteiger partial charge in [-0.25, -0.2) is 4.98 Å². The molecule has 0 saturated heterocycles. The molecule has 0 amide bonds. The Morgan fingerprint density at radius 2 is 2.11 bits per heavy atom. The van der Waals surface area contributed by atoms with Gasteiger partial charge in [0.1, 0.15) is 5.15 Å². The number of rotatable bonds is 4. The number of aromatic nitrogens is 1. The van der Waals surface area contributed by atoms with Crippen LogP contribution in [-0.4, -0.2) is 16.9 Å². The van der Waals surface area contributed by atoms with Crippen LogP contribution in [0.4, 0.5) is 0 Å². The molecule has 0 aliphatic rings. The molecular weight excluding hydrogens is 355 g/mol. The molecule has 2 heterocycles. The first-order valence-electron chi connectivity index (χ1n) is 5.27. The molecule has 0 aromatic carbocycles. The van der Waals surface area contributed by atoms with Crippen LogP contribution in [0.15, 0.2) is 28.1 Å². The van der Waals surface area contributed by atoms with Gasteiger partial charge in [-0.1, -0.05) is 23.2 Å². The second-order valence-corrected chi connectivity index (χ2v) is 6.67. The Bertz CT molecular complexity index is 545. The average molecular weight is 366 g/mol.